The maximum Gasteiger partial charge on any atom is 0.274 e. The fourth-order valence-electron chi connectivity index (χ4n) is 1.84. The van der Waals surface area contributed by atoms with Gasteiger partial charge in [0.05, 0.1) is 17.1 Å². The molecule has 0 unspecified atom stereocenters. The van der Waals surface area contributed by atoms with Crippen molar-refractivity contribution >= 4 is 15.9 Å². The lowest BCUT2D eigenvalue weighted by molar-refractivity contribution is 0.412. The Labute approximate surface area is 128 Å². The summed E-state index contributed by atoms with van der Waals surface area (Å²) in [6, 6.07) is 9.20. The van der Waals surface area contributed by atoms with Gasteiger partial charge in [-0.15, -0.1) is 0 Å². The summed E-state index contributed by atoms with van der Waals surface area (Å²) in [5.41, 5.74) is 1.92. The van der Waals surface area contributed by atoms with Crippen LogP contribution >= 0.6 is 15.9 Å². The lowest BCUT2D eigenvalue weighted by Gasteiger charge is -2.03. The van der Waals surface area contributed by atoms with E-state index in [1.54, 1.807) is 19.4 Å². The van der Waals surface area contributed by atoms with E-state index in [2.05, 4.69) is 31.1 Å². The number of nitrogens with zero attached hydrogens (tertiary/aromatic N) is 3. The van der Waals surface area contributed by atoms with E-state index in [1.165, 1.54) is 0 Å². The Kier molecular flexibility index (Phi) is 3.46. The Morgan fingerprint density at radius 3 is 2.90 bits per heavy atom. The average Bonchev–Trinajstić information content (AvgIpc) is 3.15. The summed E-state index contributed by atoms with van der Waals surface area (Å²) in [5, 5.41) is 12.8. The minimum absolute atomic E-state index is 0.332. The molecule has 1 N–H and O–H groups in total. The van der Waals surface area contributed by atoms with E-state index in [9.17, 15) is 0 Å². The molecule has 2 aromatic heterocycles. The average molecular weight is 345 g/mol. The summed E-state index contributed by atoms with van der Waals surface area (Å²) in [4.78, 5) is 7.23. The number of aromatic amines is 1. The quantitative estimate of drug-likeness (QED) is 0.786. The van der Waals surface area contributed by atoms with Crippen molar-refractivity contribution in [3.05, 3.63) is 40.5 Å². The van der Waals surface area contributed by atoms with Crippen LogP contribution in [0.4, 0.5) is 0 Å². The van der Waals surface area contributed by atoms with Crippen LogP contribution in [0.1, 0.15) is 5.56 Å². The molecule has 0 aliphatic heterocycles. The van der Waals surface area contributed by atoms with Gasteiger partial charge in [-0.1, -0.05) is 5.16 Å². The Morgan fingerprint density at radius 2 is 2.24 bits per heavy atom. The van der Waals surface area contributed by atoms with Crippen LogP contribution in [0.3, 0.4) is 0 Å². The Morgan fingerprint density at radius 1 is 1.38 bits per heavy atom. The van der Waals surface area contributed by atoms with Gasteiger partial charge >= 0.3 is 0 Å². The second kappa shape index (κ2) is 5.42. The van der Waals surface area contributed by atoms with Crippen molar-refractivity contribution < 1.29 is 9.26 Å². The number of rotatable bonds is 3. The third kappa shape index (κ3) is 2.53. The van der Waals surface area contributed by atoms with Crippen LogP contribution in [0, 0.1) is 11.3 Å². The number of nitriles is 1. The summed E-state index contributed by atoms with van der Waals surface area (Å²) in [6.45, 7) is 0. The van der Waals surface area contributed by atoms with E-state index in [1.807, 2.05) is 24.3 Å². The van der Waals surface area contributed by atoms with Crippen molar-refractivity contribution in [1.29, 1.82) is 5.26 Å². The normalized spacial score (nSPS) is 10.3. The van der Waals surface area contributed by atoms with Gasteiger partial charge in [-0.2, -0.15) is 10.2 Å². The second-order valence-corrected chi connectivity index (χ2v) is 5.04. The number of ether oxygens (including phenoxy) is 1. The van der Waals surface area contributed by atoms with Gasteiger partial charge in [-0.3, -0.25) is 0 Å². The molecule has 0 radical (unpaired) electrons. The zero-order chi connectivity index (χ0) is 14.8. The molecule has 1 aromatic carbocycles. The molecule has 3 rings (SSSR count). The highest BCUT2D eigenvalue weighted by molar-refractivity contribution is 9.10. The van der Waals surface area contributed by atoms with E-state index in [0.29, 0.717) is 23.0 Å². The third-order valence-electron chi connectivity index (χ3n) is 2.88. The highest BCUT2D eigenvalue weighted by Gasteiger charge is 2.13. The fraction of sp³-hybridized carbons (Fsp3) is 0.0714. The highest BCUT2D eigenvalue weighted by atomic mass is 79.9. The molecule has 2 heterocycles. The first kappa shape index (κ1) is 13.4. The van der Waals surface area contributed by atoms with Crippen molar-refractivity contribution in [3.63, 3.8) is 0 Å². The van der Waals surface area contributed by atoms with E-state index >= 15 is 0 Å². The molecule has 0 aliphatic rings. The zero-order valence-electron chi connectivity index (χ0n) is 10.9. The number of methoxy groups -OCH3 is 1. The molecule has 21 heavy (non-hydrogen) atoms. The molecule has 6 nitrogen and oxygen atoms in total. The molecule has 0 fully saturated rings. The van der Waals surface area contributed by atoms with E-state index in [0.717, 1.165) is 15.8 Å². The van der Waals surface area contributed by atoms with Crippen LogP contribution in [-0.4, -0.2) is 22.2 Å². The number of halogens is 1. The lowest BCUT2D eigenvalue weighted by atomic mass is 10.2. The number of nitrogens with one attached hydrogen (secondary N) is 1. The van der Waals surface area contributed by atoms with Crippen molar-refractivity contribution in [1.82, 2.24) is 15.1 Å². The summed E-state index contributed by atoms with van der Waals surface area (Å²) >= 11 is 3.42. The Bertz CT molecular complexity index is 832. The van der Waals surface area contributed by atoms with Crippen LogP contribution in [0.2, 0.25) is 0 Å². The number of H-pyrrole nitrogens is 1. The minimum Gasteiger partial charge on any atom is -0.496 e. The minimum atomic E-state index is 0.332. The van der Waals surface area contributed by atoms with E-state index < -0.39 is 0 Å². The van der Waals surface area contributed by atoms with Gasteiger partial charge in [0, 0.05) is 11.8 Å². The van der Waals surface area contributed by atoms with Crippen molar-refractivity contribution in [2.45, 2.75) is 0 Å². The van der Waals surface area contributed by atoms with Crippen LogP contribution in [-0.2, 0) is 0 Å². The molecule has 0 saturated carbocycles. The Balaban J connectivity index is 1.94. The third-order valence-corrected chi connectivity index (χ3v) is 3.50. The first-order chi connectivity index (χ1) is 10.2. The lowest BCUT2D eigenvalue weighted by Crippen LogP contribution is -1.86. The van der Waals surface area contributed by atoms with Crippen LogP contribution in [0.15, 0.2) is 39.5 Å². The van der Waals surface area contributed by atoms with Crippen molar-refractivity contribution in [2.75, 3.05) is 7.11 Å². The number of benzene rings is 1. The first-order valence-electron chi connectivity index (χ1n) is 5.98. The van der Waals surface area contributed by atoms with Gasteiger partial charge in [-0.25, -0.2) is 0 Å². The summed E-state index contributed by atoms with van der Waals surface area (Å²) in [6.07, 6.45) is 1.59. The monoisotopic (exact) mass is 344 g/mol. The number of hydrogen-bond donors (Lipinski definition) is 1. The van der Waals surface area contributed by atoms with Gasteiger partial charge in [0.2, 0.25) is 5.82 Å². The maximum atomic E-state index is 8.81. The highest BCUT2D eigenvalue weighted by Crippen LogP contribution is 2.30. The topological polar surface area (TPSA) is 87.7 Å². The van der Waals surface area contributed by atoms with Gasteiger partial charge in [0.25, 0.3) is 5.89 Å². The van der Waals surface area contributed by atoms with Crippen LogP contribution in [0.5, 0.6) is 5.75 Å². The first-order valence-corrected chi connectivity index (χ1v) is 6.77. The summed E-state index contributed by atoms with van der Waals surface area (Å²) in [7, 11) is 1.60. The predicted octanol–water partition coefficient (Wildman–Crippen LogP) is 3.37. The zero-order valence-corrected chi connectivity index (χ0v) is 12.5. The van der Waals surface area contributed by atoms with Crippen LogP contribution < -0.4 is 4.74 Å². The maximum absolute atomic E-state index is 8.81. The van der Waals surface area contributed by atoms with Crippen LogP contribution in [0.25, 0.3) is 23.0 Å². The second-order valence-electron chi connectivity index (χ2n) is 4.19. The molecule has 0 atom stereocenters. The summed E-state index contributed by atoms with van der Waals surface area (Å²) < 4.78 is 11.2. The molecular formula is C14H9BrN4O2. The molecule has 0 saturated heterocycles. The summed E-state index contributed by atoms with van der Waals surface area (Å²) in [5.74, 6) is 1.52. The van der Waals surface area contributed by atoms with Crippen molar-refractivity contribution in [3.8, 4) is 34.8 Å². The molecule has 0 bridgehead atoms. The smallest absolute Gasteiger partial charge is 0.274 e. The van der Waals surface area contributed by atoms with Crippen molar-refractivity contribution in [2.24, 2.45) is 0 Å². The standard InChI is InChI=1S/C14H9BrN4O2/c1-20-12-3-2-9(5-10(12)15)13-18-14(21-19-13)11-4-8(6-16)7-17-11/h2-5,7,17H,1H3. The molecule has 104 valence electrons. The number of hydrogen-bond acceptors (Lipinski definition) is 5. The molecule has 3 aromatic rings. The predicted molar refractivity (Wildman–Crippen MR) is 78.5 cm³/mol. The molecule has 0 spiro atoms. The van der Waals surface area contributed by atoms with Gasteiger partial charge in [0.1, 0.15) is 17.5 Å². The van der Waals surface area contributed by atoms with E-state index in [4.69, 9.17) is 14.5 Å². The van der Waals surface area contributed by atoms with E-state index in [-0.39, 0.29) is 0 Å². The molecular weight excluding hydrogens is 336 g/mol. The van der Waals surface area contributed by atoms with Gasteiger partial charge < -0.3 is 14.2 Å². The number of aromatic nitrogens is 3. The fourth-order valence-corrected chi connectivity index (χ4v) is 2.38. The molecule has 0 amide bonds. The Hall–Kier alpha value is -2.59. The largest absolute Gasteiger partial charge is 0.496 e. The SMILES string of the molecule is COc1ccc(-c2noc(-c3cc(C#N)c[nH]3)n2)cc1Br. The molecule has 7 heteroatoms. The molecule has 0 aliphatic carbocycles. The van der Waals surface area contributed by atoms with Gasteiger partial charge in [-0.05, 0) is 40.2 Å². The van der Waals surface area contributed by atoms with Gasteiger partial charge in [0.15, 0.2) is 0 Å².